The summed E-state index contributed by atoms with van der Waals surface area (Å²) in [6, 6.07) is 3.69. The van der Waals surface area contributed by atoms with Gasteiger partial charge in [-0.1, -0.05) is 0 Å². The van der Waals surface area contributed by atoms with Gasteiger partial charge in [0, 0.05) is 23.4 Å². The van der Waals surface area contributed by atoms with E-state index in [4.69, 9.17) is 20.9 Å². The monoisotopic (exact) mass is 251 g/mol. The minimum absolute atomic E-state index is 0.195. The minimum Gasteiger partial charge on any atom is -0.467 e. The maximum absolute atomic E-state index is 10.9. The van der Waals surface area contributed by atoms with Crippen LogP contribution in [0.1, 0.15) is 11.1 Å². The van der Waals surface area contributed by atoms with Gasteiger partial charge in [-0.2, -0.15) is 0 Å². The number of carbonyl (C=O) groups is 1. The third-order valence-electron chi connectivity index (χ3n) is 2.68. The summed E-state index contributed by atoms with van der Waals surface area (Å²) in [4.78, 5) is 12.7. The van der Waals surface area contributed by atoms with Crippen LogP contribution in [0, 0.1) is 0 Å². The maximum Gasteiger partial charge on any atom is 0.231 e. The lowest BCUT2D eigenvalue weighted by Crippen LogP contribution is -2.30. The van der Waals surface area contributed by atoms with Gasteiger partial charge in [-0.3, -0.25) is 9.69 Å². The normalized spacial score (nSPS) is 14.1. The molecule has 1 aliphatic rings. The molecule has 1 amide bonds. The van der Waals surface area contributed by atoms with Gasteiger partial charge in [-0.25, -0.2) is 0 Å². The Bertz CT molecular complexity index is 462. The Hall–Kier alpha value is -1.79. The second-order valence-corrected chi connectivity index (χ2v) is 4.42. The topological polar surface area (TPSA) is 90.8 Å². The predicted molar refractivity (Wildman–Crippen MR) is 66.7 cm³/mol. The average molecular weight is 251 g/mol. The van der Waals surface area contributed by atoms with Crippen molar-refractivity contribution in [3.63, 3.8) is 0 Å². The Morgan fingerprint density at radius 2 is 2.28 bits per heavy atom. The highest BCUT2D eigenvalue weighted by Gasteiger charge is 2.17. The number of carbonyl (C=O) groups excluding carboxylic acids is 1. The lowest BCUT2D eigenvalue weighted by molar-refractivity contribution is -0.118. The largest absolute Gasteiger partial charge is 0.467 e. The van der Waals surface area contributed by atoms with Gasteiger partial charge in [0.1, 0.15) is 5.75 Å². The van der Waals surface area contributed by atoms with Crippen LogP contribution in [-0.4, -0.2) is 31.2 Å². The number of ether oxygens (including phenoxy) is 2. The van der Waals surface area contributed by atoms with Crippen molar-refractivity contribution >= 4 is 11.6 Å². The zero-order valence-electron chi connectivity index (χ0n) is 10.3. The molecule has 0 aliphatic carbocycles. The number of primary amides is 1. The molecule has 18 heavy (non-hydrogen) atoms. The zero-order valence-corrected chi connectivity index (χ0v) is 10.3. The summed E-state index contributed by atoms with van der Waals surface area (Å²) in [6.07, 6.45) is 0. The van der Waals surface area contributed by atoms with Gasteiger partial charge >= 0.3 is 0 Å². The summed E-state index contributed by atoms with van der Waals surface area (Å²) in [5.74, 6) is 0.436. The number of hydrogen-bond acceptors (Lipinski definition) is 5. The number of nitrogen functional groups attached to an aromatic ring is 1. The fraction of sp³-hybridized carbons (Fsp3) is 0.417. The van der Waals surface area contributed by atoms with Crippen LogP contribution in [-0.2, 0) is 22.7 Å². The van der Waals surface area contributed by atoms with Crippen molar-refractivity contribution in [1.29, 1.82) is 0 Å². The van der Waals surface area contributed by atoms with E-state index in [1.54, 1.807) is 0 Å². The molecule has 0 atom stereocenters. The highest BCUT2D eigenvalue weighted by Crippen LogP contribution is 2.31. The van der Waals surface area contributed by atoms with Gasteiger partial charge in [0.2, 0.25) is 5.91 Å². The van der Waals surface area contributed by atoms with Crippen molar-refractivity contribution < 1.29 is 14.3 Å². The average Bonchev–Trinajstić information content (AvgIpc) is 2.27. The fourth-order valence-electron chi connectivity index (χ4n) is 2.06. The van der Waals surface area contributed by atoms with Crippen LogP contribution >= 0.6 is 0 Å². The van der Waals surface area contributed by atoms with E-state index in [-0.39, 0.29) is 19.2 Å². The van der Waals surface area contributed by atoms with Crippen LogP contribution in [0.4, 0.5) is 5.69 Å². The van der Waals surface area contributed by atoms with E-state index >= 15 is 0 Å². The zero-order chi connectivity index (χ0) is 13.1. The Morgan fingerprint density at radius 1 is 1.50 bits per heavy atom. The fourth-order valence-corrected chi connectivity index (χ4v) is 2.06. The molecule has 0 radical (unpaired) electrons. The molecule has 1 aromatic rings. The van der Waals surface area contributed by atoms with Crippen LogP contribution in [0.25, 0.3) is 0 Å². The van der Waals surface area contributed by atoms with Gasteiger partial charge < -0.3 is 20.9 Å². The van der Waals surface area contributed by atoms with Gasteiger partial charge in [0.25, 0.3) is 0 Å². The summed E-state index contributed by atoms with van der Waals surface area (Å²) in [5.41, 5.74) is 13.5. The lowest BCUT2D eigenvalue weighted by atomic mass is 10.1. The first-order valence-electron chi connectivity index (χ1n) is 5.65. The summed E-state index contributed by atoms with van der Waals surface area (Å²) < 4.78 is 10.7. The molecule has 0 fully saturated rings. The maximum atomic E-state index is 10.9. The Balaban J connectivity index is 2.21. The Morgan fingerprint density at radius 3 is 3.00 bits per heavy atom. The SMILES string of the molecule is CN(CC(N)=O)Cc1cc(N)cc2c1OCOC2. The standard InChI is InChI=1S/C12H17N3O3/c1-15(5-11(14)16)4-8-2-10(13)3-9-6-17-7-18-12(8)9/h2-3H,4-7,13H2,1H3,(H2,14,16). The summed E-state index contributed by atoms with van der Waals surface area (Å²) in [6.45, 7) is 1.48. The predicted octanol–water partition coefficient (Wildman–Crippen LogP) is 0.0524. The molecule has 1 aliphatic heterocycles. The molecule has 6 nitrogen and oxygen atoms in total. The number of anilines is 1. The molecular weight excluding hydrogens is 234 g/mol. The molecule has 0 saturated heterocycles. The molecule has 0 unspecified atom stereocenters. The van der Waals surface area contributed by atoms with Crippen molar-refractivity contribution in [2.45, 2.75) is 13.2 Å². The van der Waals surface area contributed by atoms with E-state index in [1.807, 2.05) is 24.1 Å². The molecule has 1 heterocycles. The molecule has 2 rings (SSSR count). The molecule has 0 bridgehead atoms. The van der Waals surface area contributed by atoms with E-state index in [2.05, 4.69) is 0 Å². The van der Waals surface area contributed by atoms with E-state index in [0.717, 1.165) is 16.9 Å². The van der Waals surface area contributed by atoms with E-state index < -0.39 is 0 Å². The van der Waals surface area contributed by atoms with E-state index in [9.17, 15) is 4.79 Å². The first kappa shape index (κ1) is 12.7. The van der Waals surface area contributed by atoms with E-state index in [1.165, 1.54) is 0 Å². The van der Waals surface area contributed by atoms with Crippen molar-refractivity contribution in [2.24, 2.45) is 5.73 Å². The number of nitrogens with zero attached hydrogens (tertiary/aromatic N) is 1. The minimum atomic E-state index is -0.362. The summed E-state index contributed by atoms with van der Waals surface area (Å²) in [7, 11) is 1.82. The van der Waals surface area contributed by atoms with Crippen molar-refractivity contribution in [1.82, 2.24) is 4.90 Å². The lowest BCUT2D eigenvalue weighted by Gasteiger charge is -2.23. The molecule has 0 aromatic heterocycles. The third kappa shape index (κ3) is 2.91. The first-order valence-corrected chi connectivity index (χ1v) is 5.65. The number of benzene rings is 1. The molecule has 1 aromatic carbocycles. The summed E-state index contributed by atoms with van der Waals surface area (Å²) >= 11 is 0. The Kier molecular flexibility index (Phi) is 3.69. The molecular formula is C12H17N3O3. The van der Waals surface area contributed by atoms with Crippen LogP contribution in [0.3, 0.4) is 0 Å². The number of hydrogen-bond donors (Lipinski definition) is 2. The highest BCUT2D eigenvalue weighted by molar-refractivity contribution is 5.75. The Labute approximate surface area is 105 Å². The second-order valence-electron chi connectivity index (χ2n) is 4.42. The molecule has 0 saturated carbocycles. The van der Waals surface area contributed by atoms with Gasteiger partial charge in [-0.15, -0.1) is 0 Å². The number of rotatable bonds is 4. The number of fused-ring (bicyclic) bond motifs is 1. The van der Waals surface area contributed by atoms with Crippen LogP contribution in [0.15, 0.2) is 12.1 Å². The molecule has 4 N–H and O–H groups in total. The highest BCUT2D eigenvalue weighted by atomic mass is 16.7. The smallest absolute Gasteiger partial charge is 0.231 e. The van der Waals surface area contributed by atoms with Gasteiger partial charge in [0.05, 0.1) is 13.2 Å². The molecule has 0 spiro atoms. The van der Waals surface area contributed by atoms with Crippen LogP contribution in [0.5, 0.6) is 5.75 Å². The van der Waals surface area contributed by atoms with Crippen LogP contribution < -0.4 is 16.2 Å². The third-order valence-corrected chi connectivity index (χ3v) is 2.68. The van der Waals surface area contributed by atoms with Crippen molar-refractivity contribution in [3.05, 3.63) is 23.3 Å². The molecule has 6 heteroatoms. The van der Waals surface area contributed by atoms with Crippen LogP contribution in [0.2, 0.25) is 0 Å². The van der Waals surface area contributed by atoms with Gasteiger partial charge in [0.15, 0.2) is 6.79 Å². The van der Waals surface area contributed by atoms with Crippen molar-refractivity contribution in [2.75, 3.05) is 26.1 Å². The van der Waals surface area contributed by atoms with E-state index in [0.29, 0.717) is 18.8 Å². The van der Waals surface area contributed by atoms with Gasteiger partial charge in [-0.05, 0) is 19.2 Å². The summed E-state index contributed by atoms with van der Waals surface area (Å²) in [5, 5.41) is 0. The quantitative estimate of drug-likeness (QED) is 0.738. The number of amides is 1. The second kappa shape index (κ2) is 5.24. The van der Waals surface area contributed by atoms with Crippen molar-refractivity contribution in [3.8, 4) is 5.75 Å². The first-order chi connectivity index (χ1) is 8.56. The number of likely N-dealkylation sites (N-methyl/N-ethyl adjacent to an activating group) is 1. The molecule has 98 valence electrons. The number of nitrogens with two attached hydrogens (primary N) is 2.